The van der Waals surface area contributed by atoms with Crippen LogP contribution in [0.4, 0.5) is 4.79 Å². The maximum absolute atomic E-state index is 12.2. The molecule has 0 bridgehead atoms. The van der Waals surface area contributed by atoms with Gasteiger partial charge in [-0.25, -0.2) is 9.59 Å². The monoisotopic (exact) mass is 462 g/mol. The summed E-state index contributed by atoms with van der Waals surface area (Å²) in [7, 11) is 0. The molecule has 0 fully saturated rings. The summed E-state index contributed by atoms with van der Waals surface area (Å²) in [5.74, 6) is -0.841. The smallest absolute Gasteiger partial charge is 0.407 e. The Hall–Kier alpha value is -2.36. The van der Waals surface area contributed by atoms with Crippen LogP contribution >= 0.6 is 34.8 Å². The van der Waals surface area contributed by atoms with Crippen molar-refractivity contribution in [1.29, 1.82) is 0 Å². The van der Waals surface area contributed by atoms with Gasteiger partial charge in [-0.3, -0.25) is 4.79 Å². The maximum atomic E-state index is 12.2. The number of nitrogens with one attached hydrogen (secondary N) is 1. The molecule has 2 rings (SSSR count). The number of benzene rings is 1. The molecular weight excluding hydrogens is 447 g/mol. The highest BCUT2D eigenvalue weighted by atomic mass is 35.6. The van der Waals surface area contributed by atoms with Crippen molar-refractivity contribution >= 4 is 57.8 Å². The topological polar surface area (TPSA) is 112 Å². The van der Waals surface area contributed by atoms with Crippen molar-refractivity contribution in [1.82, 2.24) is 20.5 Å². The first-order chi connectivity index (χ1) is 13.5. The number of nitrogens with zero attached hydrogens (tertiary/aromatic N) is 3. The van der Waals surface area contributed by atoms with Gasteiger partial charge in [0.05, 0.1) is 5.39 Å². The third kappa shape index (κ3) is 7.52. The zero-order valence-corrected chi connectivity index (χ0v) is 17.7. The highest BCUT2D eigenvalue weighted by molar-refractivity contribution is 6.67. The molecule has 0 aliphatic heterocycles. The fraction of sp³-hybridized carbons (Fsp3) is 0.353. The fourth-order valence-electron chi connectivity index (χ4n) is 2.11. The second-order valence-electron chi connectivity index (χ2n) is 6.50. The number of carbonyl (C=O) groups is 2. The minimum absolute atomic E-state index is 0.239. The van der Waals surface area contributed by atoms with E-state index in [1.807, 2.05) is 0 Å². The second-order valence-corrected chi connectivity index (χ2v) is 9.02. The molecule has 0 aliphatic rings. The summed E-state index contributed by atoms with van der Waals surface area (Å²) in [6.45, 7) is 2.97. The van der Waals surface area contributed by atoms with E-state index < -0.39 is 33.6 Å². The molecule has 1 N–H and O–H groups in total. The molecule has 1 heterocycles. The van der Waals surface area contributed by atoms with Gasteiger partial charge in [0.1, 0.15) is 12.1 Å². The van der Waals surface area contributed by atoms with Gasteiger partial charge in [0.2, 0.25) is 3.79 Å². The average Bonchev–Trinajstić information content (AvgIpc) is 2.61. The van der Waals surface area contributed by atoms with E-state index in [-0.39, 0.29) is 11.8 Å². The van der Waals surface area contributed by atoms with Crippen molar-refractivity contribution in [3.05, 3.63) is 46.8 Å². The van der Waals surface area contributed by atoms with E-state index in [4.69, 9.17) is 44.4 Å². The summed E-state index contributed by atoms with van der Waals surface area (Å²) in [5, 5.41) is 10.2. The van der Waals surface area contributed by atoms with Crippen LogP contribution in [0.25, 0.3) is 10.9 Å². The first kappa shape index (κ1) is 22.9. The van der Waals surface area contributed by atoms with Gasteiger partial charge in [0.15, 0.2) is 0 Å². The largest absolute Gasteiger partial charge is 0.445 e. The summed E-state index contributed by atoms with van der Waals surface area (Å²) in [6.07, 6.45) is 2.01. The van der Waals surface area contributed by atoms with Crippen LogP contribution < -0.4 is 15.7 Å². The number of amides is 1. The minimum atomic E-state index is -1.71. The Bertz CT molecular complexity index is 985. The Morgan fingerprint density at radius 1 is 1.24 bits per heavy atom. The number of rotatable bonds is 6. The van der Waals surface area contributed by atoms with Crippen LogP contribution in [0.15, 0.2) is 41.2 Å². The molecule has 1 aromatic carbocycles. The Balaban J connectivity index is 1.91. The summed E-state index contributed by atoms with van der Waals surface area (Å²) in [5.41, 5.74) is -1.01. The standard InChI is InChI=1S/C17H17Cl3N4O5/c1-16(2,21-15(27)28-10-17(18,19)20)9-5-8-13(25)29-24-14(26)11-6-3-4-7-12(11)22-23-24/h3-8H,9-10H2,1-2H3,(H,21,27). The number of fused-ring (bicyclic) bond motifs is 1. The molecular formula is C17H17Cl3N4O5. The molecule has 9 nitrogen and oxygen atoms in total. The Morgan fingerprint density at radius 3 is 2.62 bits per heavy atom. The Kier molecular flexibility index (Phi) is 7.45. The fourth-order valence-corrected chi connectivity index (χ4v) is 2.27. The molecule has 0 radical (unpaired) electrons. The number of aromatic nitrogens is 3. The third-order valence-corrected chi connectivity index (χ3v) is 3.74. The van der Waals surface area contributed by atoms with Crippen LogP contribution in [0, 0.1) is 0 Å². The predicted octanol–water partition coefficient (Wildman–Crippen LogP) is 2.57. The van der Waals surface area contributed by atoms with E-state index >= 15 is 0 Å². The summed E-state index contributed by atoms with van der Waals surface area (Å²) >= 11 is 16.5. The predicted molar refractivity (Wildman–Crippen MR) is 108 cm³/mol. The number of hydrogen-bond donors (Lipinski definition) is 1. The number of hydrogen-bond acceptors (Lipinski definition) is 7. The zero-order valence-electron chi connectivity index (χ0n) is 15.4. The molecule has 156 valence electrons. The number of carbonyl (C=O) groups excluding carboxylic acids is 2. The van der Waals surface area contributed by atoms with E-state index in [0.717, 1.165) is 6.08 Å². The van der Waals surface area contributed by atoms with E-state index in [1.54, 1.807) is 38.1 Å². The number of alkyl carbamates (subject to hydrolysis) is 1. The molecule has 0 aliphatic carbocycles. The number of alkyl halides is 3. The van der Waals surface area contributed by atoms with Gasteiger partial charge in [0.25, 0.3) is 0 Å². The normalized spacial score (nSPS) is 12.2. The molecule has 0 saturated heterocycles. The van der Waals surface area contributed by atoms with Crippen LogP contribution in [0.3, 0.4) is 0 Å². The van der Waals surface area contributed by atoms with Crippen molar-refractivity contribution in [3.63, 3.8) is 0 Å². The lowest BCUT2D eigenvalue weighted by molar-refractivity contribution is -0.140. The van der Waals surface area contributed by atoms with Gasteiger partial charge in [-0.1, -0.05) is 53.0 Å². The van der Waals surface area contributed by atoms with E-state index in [2.05, 4.69) is 15.6 Å². The van der Waals surface area contributed by atoms with Gasteiger partial charge >= 0.3 is 17.6 Å². The van der Waals surface area contributed by atoms with Crippen molar-refractivity contribution in [2.45, 2.75) is 29.6 Å². The van der Waals surface area contributed by atoms with Crippen LogP contribution in [0.5, 0.6) is 0 Å². The molecule has 1 aromatic heterocycles. The lowest BCUT2D eigenvalue weighted by atomic mass is 10.0. The Labute approximate surface area is 180 Å². The van der Waals surface area contributed by atoms with Crippen molar-refractivity contribution < 1.29 is 19.2 Å². The van der Waals surface area contributed by atoms with Gasteiger partial charge in [0, 0.05) is 11.6 Å². The lowest BCUT2D eigenvalue weighted by Gasteiger charge is -2.24. The van der Waals surface area contributed by atoms with E-state index in [1.165, 1.54) is 6.08 Å². The molecule has 2 aromatic rings. The van der Waals surface area contributed by atoms with Crippen LogP contribution in [0.2, 0.25) is 0 Å². The second kappa shape index (κ2) is 9.43. The first-order valence-corrected chi connectivity index (χ1v) is 9.35. The van der Waals surface area contributed by atoms with E-state index in [9.17, 15) is 14.4 Å². The summed E-state index contributed by atoms with van der Waals surface area (Å²) in [4.78, 5) is 41.2. The molecule has 0 spiro atoms. The van der Waals surface area contributed by atoms with Crippen LogP contribution in [0.1, 0.15) is 20.3 Å². The summed E-state index contributed by atoms with van der Waals surface area (Å²) in [6, 6.07) is 6.52. The van der Waals surface area contributed by atoms with Crippen LogP contribution in [-0.4, -0.2) is 43.2 Å². The van der Waals surface area contributed by atoms with E-state index in [0.29, 0.717) is 10.4 Å². The number of ether oxygens (including phenoxy) is 1. The van der Waals surface area contributed by atoms with Gasteiger partial charge in [-0.2, -0.15) is 0 Å². The zero-order chi connectivity index (χ0) is 21.7. The Morgan fingerprint density at radius 2 is 1.93 bits per heavy atom. The van der Waals surface area contributed by atoms with Crippen molar-refractivity contribution in [2.75, 3.05) is 6.61 Å². The molecule has 29 heavy (non-hydrogen) atoms. The quantitative estimate of drug-likeness (QED) is 0.398. The van der Waals surface area contributed by atoms with Gasteiger partial charge in [-0.05, 0) is 42.5 Å². The third-order valence-electron chi connectivity index (χ3n) is 3.41. The highest BCUT2D eigenvalue weighted by Crippen LogP contribution is 2.26. The van der Waals surface area contributed by atoms with Crippen molar-refractivity contribution in [3.8, 4) is 0 Å². The summed E-state index contributed by atoms with van der Waals surface area (Å²) < 4.78 is 3.07. The number of halogens is 3. The van der Waals surface area contributed by atoms with Crippen molar-refractivity contribution in [2.24, 2.45) is 0 Å². The highest BCUT2D eigenvalue weighted by Gasteiger charge is 2.25. The molecule has 12 heteroatoms. The SMILES string of the molecule is CC(C)(CC=CC(=O)On1nnc2ccccc2c1=O)NC(=O)OCC(Cl)(Cl)Cl. The van der Waals surface area contributed by atoms with Crippen LogP contribution in [-0.2, 0) is 9.53 Å². The lowest BCUT2D eigenvalue weighted by Crippen LogP contribution is -2.44. The van der Waals surface area contributed by atoms with Gasteiger partial charge < -0.3 is 14.9 Å². The molecule has 1 amide bonds. The average molecular weight is 464 g/mol. The van der Waals surface area contributed by atoms with Gasteiger partial charge in [-0.15, -0.1) is 5.10 Å². The minimum Gasteiger partial charge on any atom is -0.445 e. The molecule has 0 atom stereocenters. The molecule has 0 unspecified atom stereocenters. The maximum Gasteiger partial charge on any atom is 0.407 e. The first-order valence-electron chi connectivity index (χ1n) is 8.22. The molecule has 0 saturated carbocycles.